The number of amides is 2. The quantitative estimate of drug-likeness (QED) is 0.276. The number of nitrogens with one attached hydrogen (secondary N) is 2. The first-order valence-corrected chi connectivity index (χ1v) is 13.5. The lowest BCUT2D eigenvalue weighted by Gasteiger charge is -2.12. The fourth-order valence-corrected chi connectivity index (χ4v) is 6.18. The SMILES string of the molecule is COC(=O)c1c(NC(=O)CSc2cccc(NC(=O)c3ccc(OC)c(OC)c3)c2)sc2c1CCCC2. The van der Waals surface area contributed by atoms with Crippen LogP contribution in [0.15, 0.2) is 47.4 Å². The molecular formula is C27H28N2O6S2. The van der Waals surface area contributed by atoms with Crippen molar-refractivity contribution in [3.8, 4) is 11.5 Å². The molecule has 0 saturated heterocycles. The highest BCUT2D eigenvalue weighted by Gasteiger charge is 2.27. The maximum atomic E-state index is 12.8. The van der Waals surface area contributed by atoms with E-state index in [-0.39, 0.29) is 17.6 Å². The van der Waals surface area contributed by atoms with Crippen molar-refractivity contribution < 1.29 is 28.6 Å². The molecule has 3 aromatic rings. The van der Waals surface area contributed by atoms with E-state index in [1.807, 2.05) is 12.1 Å². The Morgan fingerprint density at radius 3 is 2.49 bits per heavy atom. The van der Waals surface area contributed by atoms with E-state index in [9.17, 15) is 14.4 Å². The molecule has 0 atom stereocenters. The summed E-state index contributed by atoms with van der Waals surface area (Å²) in [5.41, 5.74) is 2.52. The minimum atomic E-state index is -0.416. The molecule has 1 aliphatic rings. The van der Waals surface area contributed by atoms with Crippen molar-refractivity contribution in [2.75, 3.05) is 37.7 Å². The summed E-state index contributed by atoms with van der Waals surface area (Å²) in [5, 5.41) is 6.33. The molecular weight excluding hydrogens is 512 g/mol. The molecule has 2 aromatic carbocycles. The molecule has 0 radical (unpaired) electrons. The van der Waals surface area contributed by atoms with Crippen molar-refractivity contribution in [1.82, 2.24) is 0 Å². The molecule has 4 rings (SSSR count). The number of benzene rings is 2. The van der Waals surface area contributed by atoms with Gasteiger partial charge in [0.05, 0.1) is 32.6 Å². The number of anilines is 2. The van der Waals surface area contributed by atoms with Gasteiger partial charge in [0, 0.05) is 21.0 Å². The van der Waals surface area contributed by atoms with Crippen LogP contribution in [0.3, 0.4) is 0 Å². The summed E-state index contributed by atoms with van der Waals surface area (Å²) in [5.74, 6) is 0.229. The van der Waals surface area contributed by atoms with Gasteiger partial charge in [-0.25, -0.2) is 4.79 Å². The second kappa shape index (κ2) is 12.2. The molecule has 0 bridgehead atoms. The van der Waals surface area contributed by atoms with E-state index in [0.29, 0.717) is 33.3 Å². The predicted molar refractivity (Wildman–Crippen MR) is 146 cm³/mol. The number of thioether (sulfide) groups is 1. The lowest BCUT2D eigenvalue weighted by atomic mass is 9.95. The summed E-state index contributed by atoms with van der Waals surface area (Å²) in [7, 11) is 4.40. The van der Waals surface area contributed by atoms with Crippen LogP contribution in [0.4, 0.5) is 10.7 Å². The van der Waals surface area contributed by atoms with Crippen molar-refractivity contribution in [3.63, 3.8) is 0 Å². The summed E-state index contributed by atoms with van der Waals surface area (Å²) in [6.07, 6.45) is 3.84. The molecule has 0 spiro atoms. The number of thiophene rings is 1. The van der Waals surface area contributed by atoms with Gasteiger partial charge in [0.1, 0.15) is 5.00 Å². The van der Waals surface area contributed by atoms with Crippen molar-refractivity contribution in [3.05, 3.63) is 64.0 Å². The number of aryl methyl sites for hydroxylation is 1. The number of esters is 1. The standard InChI is InChI=1S/C27H28N2O6S2/c1-33-20-12-11-16(13-21(20)34-2)25(31)28-17-7-6-8-18(14-17)36-15-23(30)29-26-24(27(32)35-3)19-9-4-5-10-22(19)37-26/h6-8,11-14H,4-5,9-10,15H2,1-3H3,(H,28,31)(H,29,30). The number of hydrogen-bond acceptors (Lipinski definition) is 8. The molecule has 1 heterocycles. The molecule has 10 heteroatoms. The summed E-state index contributed by atoms with van der Waals surface area (Å²) in [4.78, 5) is 39.9. The molecule has 0 fully saturated rings. The lowest BCUT2D eigenvalue weighted by Crippen LogP contribution is -2.16. The van der Waals surface area contributed by atoms with Crippen molar-refractivity contribution in [1.29, 1.82) is 0 Å². The van der Waals surface area contributed by atoms with E-state index >= 15 is 0 Å². The Labute approximate surface area is 223 Å². The molecule has 0 unspecified atom stereocenters. The average molecular weight is 541 g/mol. The minimum Gasteiger partial charge on any atom is -0.493 e. The molecule has 37 heavy (non-hydrogen) atoms. The topological polar surface area (TPSA) is 103 Å². The van der Waals surface area contributed by atoms with Crippen LogP contribution >= 0.6 is 23.1 Å². The van der Waals surface area contributed by atoms with Gasteiger partial charge in [-0.15, -0.1) is 23.1 Å². The first-order valence-electron chi connectivity index (χ1n) is 11.7. The second-order valence-corrected chi connectivity index (χ2v) is 10.4. The van der Waals surface area contributed by atoms with Gasteiger partial charge in [-0.2, -0.15) is 0 Å². The molecule has 8 nitrogen and oxygen atoms in total. The van der Waals surface area contributed by atoms with E-state index in [2.05, 4.69) is 10.6 Å². The Bertz CT molecular complexity index is 1320. The molecule has 2 N–H and O–H groups in total. The summed E-state index contributed by atoms with van der Waals surface area (Å²) < 4.78 is 15.5. The van der Waals surface area contributed by atoms with E-state index in [4.69, 9.17) is 14.2 Å². The van der Waals surface area contributed by atoms with Crippen LogP contribution in [0.1, 0.15) is 44.0 Å². The molecule has 2 amide bonds. The maximum absolute atomic E-state index is 12.8. The fourth-order valence-electron chi connectivity index (χ4n) is 4.13. The highest BCUT2D eigenvalue weighted by atomic mass is 32.2. The number of methoxy groups -OCH3 is 3. The highest BCUT2D eigenvalue weighted by Crippen LogP contribution is 2.38. The van der Waals surface area contributed by atoms with Crippen LogP contribution in [0, 0.1) is 0 Å². The van der Waals surface area contributed by atoms with Crippen LogP contribution in [-0.4, -0.2) is 44.9 Å². The van der Waals surface area contributed by atoms with Crippen LogP contribution in [0.25, 0.3) is 0 Å². The number of carbonyl (C=O) groups excluding carboxylic acids is 3. The largest absolute Gasteiger partial charge is 0.493 e. The van der Waals surface area contributed by atoms with Crippen molar-refractivity contribution >= 4 is 51.6 Å². The van der Waals surface area contributed by atoms with Crippen LogP contribution in [0.5, 0.6) is 11.5 Å². The van der Waals surface area contributed by atoms with E-state index in [1.165, 1.54) is 44.4 Å². The van der Waals surface area contributed by atoms with E-state index in [0.717, 1.165) is 41.0 Å². The zero-order chi connectivity index (χ0) is 26.4. The number of carbonyl (C=O) groups is 3. The van der Waals surface area contributed by atoms with Gasteiger partial charge in [-0.1, -0.05) is 6.07 Å². The van der Waals surface area contributed by atoms with E-state index in [1.54, 1.807) is 30.3 Å². The fraction of sp³-hybridized carbons (Fsp3) is 0.296. The first-order chi connectivity index (χ1) is 17.9. The third-order valence-corrected chi connectivity index (χ3v) is 8.12. The Morgan fingerprint density at radius 1 is 0.946 bits per heavy atom. The average Bonchev–Trinajstić information content (AvgIpc) is 3.28. The van der Waals surface area contributed by atoms with Crippen molar-refractivity contribution in [2.45, 2.75) is 30.6 Å². The van der Waals surface area contributed by atoms with Gasteiger partial charge in [0.15, 0.2) is 11.5 Å². The zero-order valence-electron chi connectivity index (χ0n) is 20.8. The molecule has 194 valence electrons. The number of fused-ring (bicyclic) bond motifs is 1. The Hall–Kier alpha value is -3.50. The number of ether oxygens (including phenoxy) is 3. The van der Waals surface area contributed by atoms with Crippen molar-refractivity contribution in [2.24, 2.45) is 0 Å². The number of rotatable bonds is 9. The summed E-state index contributed by atoms with van der Waals surface area (Å²) >= 11 is 2.80. The van der Waals surface area contributed by atoms with Gasteiger partial charge in [-0.05, 0) is 67.6 Å². The van der Waals surface area contributed by atoms with Gasteiger partial charge in [0.2, 0.25) is 5.91 Å². The smallest absolute Gasteiger partial charge is 0.341 e. The summed E-state index contributed by atoms with van der Waals surface area (Å²) in [6.45, 7) is 0. The normalized spacial score (nSPS) is 12.3. The molecule has 0 saturated carbocycles. The Kier molecular flexibility index (Phi) is 8.73. The third-order valence-electron chi connectivity index (χ3n) is 5.92. The van der Waals surface area contributed by atoms with Crippen LogP contribution in [-0.2, 0) is 22.4 Å². The zero-order valence-corrected chi connectivity index (χ0v) is 22.5. The van der Waals surface area contributed by atoms with E-state index < -0.39 is 5.97 Å². The minimum absolute atomic E-state index is 0.149. The molecule has 0 aliphatic heterocycles. The third kappa shape index (κ3) is 6.26. The van der Waals surface area contributed by atoms with Gasteiger partial charge in [0.25, 0.3) is 5.91 Å². The monoisotopic (exact) mass is 540 g/mol. The lowest BCUT2D eigenvalue weighted by molar-refractivity contribution is -0.113. The second-order valence-electron chi connectivity index (χ2n) is 8.30. The summed E-state index contributed by atoms with van der Waals surface area (Å²) in [6, 6.07) is 12.2. The Morgan fingerprint density at radius 2 is 1.73 bits per heavy atom. The van der Waals surface area contributed by atoms with Gasteiger partial charge in [-0.3, -0.25) is 9.59 Å². The van der Waals surface area contributed by atoms with Gasteiger partial charge >= 0.3 is 5.97 Å². The predicted octanol–water partition coefficient (Wildman–Crippen LogP) is 5.41. The molecule has 1 aromatic heterocycles. The Balaban J connectivity index is 1.39. The van der Waals surface area contributed by atoms with Gasteiger partial charge < -0.3 is 24.8 Å². The highest BCUT2D eigenvalue weighted by molar-refractivity contribution is 8.00. The first kappa shape index (κ1) is 26.6. The van der Waals surface area contributed by atoms with Crippen LogP contribution < -0.4 is 20.1 Å². The number of hydrogen-bond donors (Lipinski definition) is 2. The van der Waals surface area contributed by atoms with Crippen LogP contribution in [0.2, 0.25) is 0 Å². The maximum Gasteiger partial charge on any atom is 0.341 e. The molecule has 1 aliphatic carbocycles.